The molecule has 0 bridgehead atoms. The lowest BCUT2D eigenvalue weighted by Gasteiger charge is -2.33. The molecule has 140 valence electrons. The maximum Gasteiger partial charge on any atom is 0.119 e. The Morgan fingerprint density at radius 3 is 2.80 bits per heavy atom. The van der Waals surface area contributed by atoms with Gasteiger partial charge in [-0.2, -0.15) is 0 Å². The molecule has 25 heavy (non-hydrogen) atoms. The maximum atomic E-state index is 5.75. The van der Waals surface area contributed by atoms with E-state index in [1.807, 2.05) is 0 Å². The smallest absolute Gasteiger partial charge is 0.119 e. The number of hydrogen-bond acceptors (Lipinski definition) is 4. The number of morpholine rings is 1. The fourth-order valence-electron chi connectivity index (χ4n) is 4.00. The van der Waals surface area contributed by atoms with Crippen molar-refractivity contribution in [3.05, 3.63) is 29.8 Å². The molecule has 1 saturated heterocycles. The van der Waals surface area contributed by atoms with E-state index in [0.29, 0.717) is 23.9 Å². The molecule has 2 N–H and O–H groups in total. The number of benzene rings is 1. The fourth-order valence-corrected chi connectivity index (χ4v) is 4.00. The predicted molar refractivity (Wildman–Crippen MR) is 102 cm³/mol. The van der Waals surface area contributed by atoms with Gasteiger partial charge in [0.1, 0.15) is 5.75 Å². The Kier molecular flexibility index (Phi) is 7.14. The van der Waals surface area contributed by atoms with E-state index in [1.165, 1.54) is 24.8 Å². The van der Waals surface area contributed by atoms with Gasteiger partial charge in [-0.3, -0.25) is 0 Å². The monoisotopic (exact) mass is 346 g/mol. The molecular weight excluding hydrogens is 312 g/mol. The highest BCUT2D eigenvalue weighted by atomic mass is 16.5. The van der Waals surface area contributed by atoms with Gasteiger partial charge < -0.3 is 20.1 Å². The van der Waals surface area contributed by atoms with E-state index in [9.17, 15) is 0 Å². The fraction of sp³-hybridized carbons (Fsp3) is 0.714. The summed E-state index contributed by atoms with van der Waals surface area (Å²) in [5.74, 6) is 2.25. The zero-order valence-electron chi connectivity index (χ0n) is 15.8. The predicted octanol–water partition coefficient (Wildman–Crippen LogP) is 3.01. The maximum absolute atomic E-state index is 5.75. The van der Waals surface area contributed by atoms with E-state index >= 15 is 0 Å². The van der Waals surface area contributed by atoms with Gasteiger partial charge in [0.2, 0.25) is 0 Å². The van der Waals surface area contributed by atoms with Gasteiger partial charge >= 0.3 is 0 Å². The molecule has 2 aliphatic rings. The molecule has 1 heterocycles. The summed E-state index contributed by atoms with van der Waals surface area (Å²) in [6.07, 6.45) is 5.02. The number of hydrogen-bond donors (Lipinski definition) is 2. The molecule has 1 saturated carbocycles. The lowest BCUT2D eigenvalue weighted by molar-refractivity contribution is 0.0526. The number of rotatable bonds is 8. The van der Waals surface area contributed by atoms with Crippen LogP contribution >= 0.6 is 0 Å². The lowest BCUT2D eigenvalue weighted by Crippen LogP contribution is -2.51. The van der Waals surface area contributed by atoms with Gasteiger partial charge in [0.25, 0.3) is 0 Å². The van der Waals surface area contributed by atoms with Crippen LogP contribution in [0.3, 0.4) is 0 Å². The minimum atomic E-state index is 0.533. The molecule has 1 aliphatic carbocycles. The molecule has 2 fully saturated rings. The van der Waals surface area contributed by atoms with E-state index in [-0.39, 0.29) is 0 Å². The van der Waals surface area contributed by atoms with E-state index in [0.717, 1.165) is 45.1 Å². The minimum absolute atomic E-state index is 0.533. The van der Waals surface area contributed by atoms with Crippen LogP contribution in [0.1, 0.15) is 38.7 Å². The average Bonchev–Trinajstić information content (AvgIpc) is 3.10. The third kappa shape index (κ3) is 5.70. The Balaban J connectivity index is 1.41. The van der Waals surface area contributed by atoms with Gasteiger partial charge in [-0.05, 0) is 55.3 Å². The van der Waals surface area contributed by atoms with E-state index in [4.69, 9.17) is 9.47 Å². The van der Waals surface area contributed by atoms with Gasteiger partial charge in [0.05, 0.1) is 19.8 Å². The number of nitrogens with one attached hydrogen (secondary N) is 2. The van der Waals surface area contributed by atoms with Crippen molar-refractivity contribution in [2.24, 2.45) is 11.8 Å². The van der Waals surface area contributed by atoms with Crippen molar-refractivity contribution < 1.29 is 9.47 Å². The van der Waals surface area contributed by atoms with Crippen LogP contribution in [0.15, 0.2) is 24.3 Å². The van der Waals surface area contributed by atoms with Crippen molar-refractivity contribution in [2.75, 3.05) is 32.9 Å². The van der Waals surface area contributed by atoms with Gasteiger partial charge in [-0.1, -0.05) is 32.4 Å². The van der Waals surface area contributed by atoms with Gasteiger partial charge in [0, 0.05) is 18.6 Å². The van der Waals surface area contributed by atoms with Crippen LogP contribution in [0.25, 0.3) is 0 Å². The van der Waals surface area contributed by atoms with Crippen LogP contribution < -0.4 is 15.4 Å². The third-order valence-corrected chi connectivity index (χ3v) is 5.36. The quantitative estimate of drug-likeness (QED) is 0.759. The van der Waals surface area contributed by atoms with Crippen molar-refractivity contribution in [3.63, 3.8) is 0 Å². The lowest BCUT2D eigenvalue weighted by atomic mass is 9.94. The molecule has 1 aliphatic heterocycles. The molecule has 3 unspecified atom stereocenters. The van der Waals surface area contributed by atoms with Gasteiger partial charge in [-0.15, -0.1) is 0 Å². The van der Waals surface area contributed by atoms with Crippen molar-refractivity contribution in [2.45, 2.75) is 51.6 Å². The topological polar surface area (TPSA) is 42.5 Å². The first-order chi connectivity index (χ1) is 12.2. The van der Waals surface area contributed by atoms with Gasteiger partial charge in [-0.25, -0.2) is 0 Å². The third-order valence-electron chi connectivity index (χ3n) is 5.36. The molecule has 0 spiro atoms. The molecular formula is C21H34N2O2. The second kappa shape index (κ2) is 9.56. The first kappa shape index (κ1) is 18.7. The van der Waals surface area contributed by atoms with Gasteiger partial charge in [0.15, 0.2) is 0 Å². The Morgan fingerprint density at radius 2 is 2.08 bits per heavy atom. The molecule has 4 heteroatoms. The van der Waals surface area contributed by atoms with Crippen LogP contribution in [0, 0.1) is 11.8 Å². The summed E-state index contributed by atoms with van der Waals surface area (Å²) >= 11 is 0. The molecule has 0 aromatic heterocycles. The molecule has 3 rings (SSSR count). The Hall–Kier alpha value is -1.10. The summed E-state index contributed by atoms with van der Waals surface area (Å²) in [6.45, 7) is 8.90. The Bertz CT molecular complexity index is 497. The Labute approximate surface area is 152 Å². The van der Waals surface area contributed by atoms with Crippen LogP contribution in [0.5, 0.6) is 5.75 Å². The van der Waals surface area contributed by atoms with Crippen LogP contribution in [0.2, 0.25) is 0 Å². The molecule has 3 atom stereocenters. The molecule has 0 radical (unpaired) electrons. The van der Waals surface area contributed by atoms with Crippen molar-refractivity contribution in [1.29, 1.82) is 0 Å². The SMILES string of the molecule is CC(C)COc1ccc(CCNC2CCCC2C2COCCN2)cc1. The summed E-state index contributed by atoms with van der Waals surface area (Å²) in [4.78, 5) is 0. The molecule has 1 aromatic carbocycles. The molecule has 0 amide bonds. The van der Waals surface area contributed by atoms with Crippen molar-refractivity contribution >= 4 is 0 Å². The molecule has 1 aromatic rings. The summed E-state index contributed by atoms with van der Waals surface area (Å²) in [6, 6.07) is 9.75. The normalized spacial score (nSPS) is 26.9. The summed E-state index contributed by atoms with van der Waals surface area (Å²) in [5, 5.41) is 7.45. The zero-order valence-corrected chi connectivity index (χ0v) is 15.8. The standard InChI is InChI=1S/C21H34N2O2/c1-16(2)14-25-18-8-6-17(7-9-18)10-11-22-20-5-3-4-19(20)21-15-24-13-12-23-21/h6-9,16,19-23H,3-5,10-15H2,1-2H3. The second-order valence-corrected chi connectivity index (χ2v) is 7.89. The van der Waals surface area contributed by atoms with Crippen molar-refractivity contribution in [1.82, 2.24) is 10.6 Å². The highest BCUT2D eigenvalue weighted by Gasteiger charge is 2.34. The van der Waals surface area contributed by atoms with E-state index in [2.05, 4.69) is 48.7 Å². The van der Waals surface area contributed by atoms with Crippen LogP contribution in [-0.2, 0) is 11.2 Å². The highest BCUT2D eigenvalue weighted by molar-refractivity contribution is 5.27. The van der Waals surface area contributed by atoms with Crippen molar-refractivity contribution in [3.8, 4) is 5.75 Å². The van der Waals surface area contributed by atoms with Crippen LogP contribution in [-0.4, -0.2) is 45.0 Å². The summed E-state index contributed by atoms with van der Waals surface area (Å²) in [7, 11) is 0. The van der Waals surface area contributed by atoms with E-state index in [1.54, 1.807) is 0 Å². The average molecular weight is 347 g/mol. The zero-order chi connectivity index (χ0) is 17.5. The first-order valence-corrected chi connectivity index (χ1v) is 9.98. The first-order valence-electron chi connectivity index (χ1n) is 9.98. The van der Waals surface area contributed by atoms with E-state index < -0.39 is 0 Å². The number of ether oxygens (including phenoxy) is 2. The second-order valence-electron chi connectivity index (χ2n) is 7.89. The summed E-state index contributed by atoms with van der Waals surface area (Å²) < 4.78 is 11.4. The summed E-state index contributed by atoms with van der Waals surface area (Å²) in [5.41, 5.74) is 1.37. The molecule has 4 nitrogen and oxygen atoms in total. The largest absolute Gasteiger partial charge is 0.493 e. The Morgan fingerprint density at radius 1 is 1.24 bits per heavy atom. The highest BCUT2D eigenvalue weighted by Crippen LogP contribution is 2.29. The minimum Gasteiger partial charge on any atom is -0.493 e. The van der Waals surface area contributed by atoms with Crippen LogP contribution in [0.4, 0.5) is 0 Å².